The van der Waals surface area contributed by atoms with Crippen LogP contribution in [-0.4, -0.2) is 16.0 Å². The van der Waals surface area contributed by atoms with Crippen LogP contribution in [0.15, 0.2) is 12.1 Å². The van der Waals surface area contributed by atoms with E-state index < -0.39 is 4.92 Å². The number of ether oxygens (including phenoxy) is 1. The summed E-state index contributed by atoms with van der Waals surface area (Å²) < 4.78 is 5.34. The Balaban J connectivity index is 2.93. The highest BCUT2D eigenvalue weighted by Crippen LogP contribution is 2.22. The largest absolute Gasteiger partial charge is 0.474 e. The number of nitrogens with zero attached hydrogens (tertiary/aromatic N) is 2. The number of hydrogen-bond acceptors (Lipinski definition) is 4. The molecule has 1 aromatic heterocycles. The van der Waals surface area contributed by atoms with Gasteiger partial charge in [0.2, 0.25) is 5.88 Å². The van der Waals surface area contributed by atoms with E-state index in [2.05, 4.69) is 4.98 Å². The fraction of sp³-hybridized carbons (Fsp3) is 0.444. The standard InChI is InChI=1S/C9H11ClN2O3/c1-3-6(2)15-9-5-7(12(13)14)4-8(10)11-9/h4-6H,3H2,1-2H3. The second kappa shape index (κ2) is 4.93. The van der Waals surface area contributed by atoms with Crippen LogP contribution in [0, 0.1) is 10.1 Å². The van der Waals surface area contributed by atoms with Gasteiger partial charge in [0.1, 0.15) is 5.15 Å². The molecule has 0 bridgehead atoms. The molecule has 1 heterocycles. The summed E-state index contributed by atoms with van der Waals surface area (Å²) in [5.74, 6) is 0.184. The number of halogens is 1. The maximum Gasteiger partial charge on any atom is 0.277 e. The van der Waals surface area contributed by atoms with Crippen LogP contribution in [0.2, 0.25) is 5.15 Å². The molecule has 0 radical (unpaired) electrons. The lowest BCUT2D eigenvalue weighted by Gasteiger charge is -2.10. The summed E-state index contributed by atoms with van der Waals surface area (Å²) in [6.07, 6.45) is 0.748. The maximum atomic E-state index is 10.5. The van der Waals surface area contributed by atoms with Crippen molar-refractivity contribution < 1.29 is 9.66 Å². The van der Waals surface area contributed by atoms with Crippen LogP contribution in [0.3, 0.4) is 0 Å². The molecule has 1 unspecified atom stereocenters. The fourth-order valence-corrected chi connectivity index (χ4v) is 1.11. The molecular formula is C9H11ClN2O3. The molecule has 5 nitrogen and oxygen atoms in total. The van der Waals surface area contributed by atoms with Gasteiger partial charge in [0.25, 0.3) is 5.69 Å². The Kier molecular flexibility index (Phi) is 3.85. The van der Waals surface area contributed by atoms with Crippen LogP contribution in [0.5, 0.6) is 5.88 Å². The average molecular weight is 231 g/mol. The van der Waals surface area contributed by atoms with Crippen LogP contribution in [0.1, 0.15) is 20.3 Å². The van der Waals surface area contributed by atoms with Crippen LogP contribution in [-0.2, 0) is 0 Å². The first-order valence-electron chi connectivity index (χ1n) is 4.51. The minimum atomic E-state index is -0.531. The van der Waals surface area contributed by atoms with Gasteiger partial charge < -0.3 is 4.74 Å². The summed E-state index contributed by atoms with van der Waals surface area (Å²) in [6, 6.07) is 2.45. The topological polar surface area (TPSA) is 65.3 Å². The van der Waals surface area contributed by atoms with Crippen LogP contribution < -0.4 is 4.74 Å². The summed E-state index contributed by atoms with van der Waals surface area (Å²) in [5, 5.41) is 10.6. The van der Waals surface area contributed by atoms with Gasteiger partial charge in [-0.2, -0.15) is 0 Å². The molecule has 0 aliphatic rings. The Bertz CT molecular complexity index is 370. The fourth-order valence-electron chi connectivity index (χ4n) is 0.915. The zero-order chi connectivity index (χ0) is 11.4. The molecule has 0 saturated heterocycles. The number of hydrogen-bond donors (Lipinski definition) is 0. The molecule has 0 spiro atoms. The van der Waals surface area contributed by atoms with Crippen molar-refractivity contribution in [1.29, 1.82) is 0 Å². The van der Waals surface area contributed by atoms with Crippen molar-refractivity contribution in [1.82, 2.24) is 4.98 Å². The number of rotatable bonds is 4. The van der Waals surface area contributed by atoms with E-state index in [1.807, 2.05) is 13.8 Å². The summed E-state index contributed by atoms with van der Waals surface area (Å²) in [7, 11) is 0. The highest BCUT2D eigenvalue weighted by atomic mass is 35.5. The lowest BCUT2D eigenvalue weighted by atomic mass is 10.3. The van der Waals surface area contributed by atoms with Crippen molar-refractivity contribution >= 4 is 17.3 Å². The van der Waals surface area contributed by atoms with Crippen LogP contribution in [0.4, 0.5) is 5.69 Å². The van der Waals surface area contributed by atoms with Gasteiger partial charge in [-0.05, 0) is 13.3 Å². The first-order chi connectivity index (χ1) is 7.02. The summed E-state index contributed by atoms with van der Waals surface area (Å²) in [6.45, 7) is 3.80. The molecule has 0 saturated carbocycles. The third-order valence-corrected chi connectivity index (χ3v) is 2.06. The van der Waals surface area contributed by atoms with E-state index in [0.29, 0.717) is 0 Å². The second-order valence-electron chi connectivity index (χ2n) is 3.08. The Hall–Kier alpha value is -1.36. The molecule has 0 aliphatic heterocycles. The zero-order valence-corrected chi connectivity index (χ0v) is 9.19. The zero-order valence-electron chi connectivity index (χ0n) is 8.44. The van der Waals surface area contributed by atoms with E-state index in [4.69, 9.17) is 16.3 Å². The van der Waals surface area contributed by atoms with Crippen molar-refractivity contribution in [3.63, 3.8) is 0 Å². The predicted octanol–water partition coefficient (Wildman–Crippen LogP) is 2.82. The lowest BCUT2D eigenvalue weighted by molar-refractivity contribution is -0.385. The van der Waals surface area contributed by atoms with Crippen molar-refractivity contribution in [2.45, 2.75) is 26.4 Å². The normalized spacial score (nSPS) is 12.2. The Labute approximate surface area is 92.2 Å². The van der Waals surface area contributed by atoms with Gasteiger partial charge in [0.15, 0.2) is 0 Å². The number of nitro groups is 1. The van der Waals surface area contributed by atoms with Crippen molar-refractivity contribution in [3.05, 3.63) is 27.4 Å². The molecule has 1 aromatic rings. The molecular weight excluding hydrogens is 220 g/mol. The monoisotopic (exact) mass is 230 g/mol. The Morgan fingerprint density at radius 3 is 2.87 bits per heavy atom. The van der Waals surface area contributed by atoms with Crippen LogP contribution in [0.25, 0.3) is 0 Å². The highest BCUT2D eigenvalue weighted by molar-refractivity contribution is 6.29. The molecule has 0 aromatic carbocycles. The van der Waals surface area contributed by atoms with Crippen molar-refractivity contribution in [2.75, 3.05) is 0 Å². The molecule has 0 N–H and O–H groups in total. The Morgan fingerprint density at radius 2 is 2.33 bits per heavy atom. The summed E-state index contributed by atoms with van der Waals surface area (Å²) in [5.41, 5.74) is -0.117. The van der Waals surface area contributed by atoms with Gasteiger partial charge in [-0.3, -0.25) is 10.1 Å². The molecule has 0 amide bonds. The van der Waals surface area contributed by atoms with E-state index in [-0.39, 0.29) is 22.8 Å². The van der Waals surface area contributed by atoms with Gasteiger partial charge >= 0.3 is 0 Å². The smallest absolute Gasteiger partial charge is 0.277 e. The maximum absolute atomic E-state index is 10.5. The van der Waals surface area contributed by atoms with Crippen molar-refractivity contribution in [3.8, 4) is 5.88 Å². The molecule has 6 heteroatoms. The van der Waals surface area contributed by atoms with Gasteiger partial charge in [-0.25, -0.2) is 4.98 Å². The van der Waals surface area contributed by atoms with Gasteiger partial charge in [0.05, 0.1) is 23.2 Å². The Morgan fingerprint density at radius 1 is 1.67 bits per heavy atom. The predicted molar refractivity (Wildman–Crippen MR) is 56.3 cm³/mol. The molecule has 1 atom stereocenters. The average Bonchev–Trinajstić information content (AvgIpc) is 2.16. The van der Waals surface area contributed by atoms with E-state index in [9.17, 15) is 10.1 Å². The first kappa shape index (κ1) is 11.7. The van der Waals surface area contributed by atoms with E-state index in [1.54, 1.807) is 0 Å². The van der Waals surface area contributed by atoms with E-state index in [1.165, 1.54) is 12.1 Å². The minimum absolute atomic E-state index is 0.0458. The quantitative estimate of drug-likeness (QED) is 0.453. The first-order valence-corrected chi connectivity index (χ1v) is 4.89. The van der Waals surface area contributed by atoms with Crippen molar-refractivity contribution in [2.24, 2.45) is 0 Å². The summed E-state index contributed by atoms with van der Waals surface area (Å²) >= 11 is 5.63. The third kappa shape index (κ3) is 3.36. The number of pyridine rings is 1. The molecule has 0 fully saturated rings. The van der Waals surface area contributed by atoms with Gasteiger partial charge in [0, 0.05) is 0 Å². The number of aromatic nitrogens is 1. The van der Waals surface area contributed by atoms with Gasteiger partial charge in [-0.15, -0.1) is 0 Å². The van der Waals surface area contributed by atoms with E-state index >= 15 is 0 Å². The highest BCUT2D eigenvalue weighted by Gasteiger charge is 2.12. The molecule has 1 rings (SSSR count). The lowest BCUT2D eigenvalue weighted by Crippen LogP contribution is -2.10. The SMILES string of the molecule is CCC(C)Oc1cc([N+](=O)[O-])cc(Cl)n1. The third-order valence-electron chi connectivity index (χ3n) is 1.86. The van der Waals surface area contributed by atoms with E-state index in [0.717, 1.165) is 6.42 Å². The molecule has 82 valence electrons. The molecule has 15 heavy (non-hydrogen) atoms. The van der Waals surface area contributed by atoms with Gasteiger partial charge in [-0.1, -0.05) is 18.5 Å². The molecule has 0 aliphatic carbocycles. The second-order valence-corrected chi connectivity index (χ2v) is 3.47. The van der Waals surface area contributed by atoms with Crippen LogP contribution >= 0.6 is 11.6 Å². The minimum Gasteiger partial charge on any atom is -0.474 e. The summed E-state index contributed by atoms with van der Waals surface area (Å²) in [4.78, 5) is 13.8.